The molecule has 0 spiro atoms. The van der Waals surface area contributed by atoms with Gasteiger partial charge in [-0.05, 0) is 31.2 Å². The number of hydrogen-bond donors (Lipinski definition) is 0. The molecule has 2 aromatic carbocycles. The first-order valence-electron chi connectivity index (χ1n) is 7.30. The first-order valence-corrected chi connectivity index (χ1v) is 7.30. The van der Waals surface area contributed by atoms with Gasteiger partial charge >= 0.3 is 0 Å². The average Bonchev–Trinajstić information content (AvgIpc) is 3.23. The van der Waals surface area contributed by atoms with Gasteiger partial charge in [0.15, 0.2) is 5.69 Å². The molecule has 0 saturated carbocycles. The highest BCUT2D eigenvalue weighted by Gasteiger charge is 2.18. The Kier molecular flexibility index (Phi) is 3.38. The highest BCUT2D eigenvalue weighted by molar-refractivity contribution is 5.58. The molecule has 0 unspecified atom stereocenters. The van der Waals surface area contributed by atoms with Crippen LogP contribution in [0.2, 0.25) is 0 Å². The molecule has 0 aliphatic rings. The topological polar surface area (TPSA) is 69.6 Å². The van der Waals surface area contributed by atoms with Gasteiger partial charge in [-0.3, -0.25) is 0 Å². The maximum atomic E-state index is 13.1. The minimum atomic E-state index is -0.304. The lowest BCUT2D eigenvalue weighted by Crippen LogP contribution is -1.99. The molecule has 24 heavy (non-hydrogen) atoms. The Bertz CT molecular complexity index is 976. The van der Waals surface area contributed by atoms with Crippen molar-refractivity contribution in [1.29, 1.82) is 0 Å². The molecule has 0 atom stereocenters. The Labute approximate surface area is 136 Å². The normalized spacial score (nSPS) is 10.9. The monoisotopic (exact) mass is 321 g/mol. The summed E-state index contributed by atoms with van der Waals surface area (Å²) in [5.41, 5.74) is 2.78. The maximum Gasteiger partial charge on any atom is 0.280 e. The molecule has 0 aliphatic heterocycles. The van der Waals surface area contributed by atoms with E-state index in [9.17, 15) is 4.39 Å². The second-order valence-corrected chi connectivity index (χ2v) is 5.20. The van der Waals surface area contributed by atoms with Gasteiger partial charge in [-0.15, -0.1) is 5.10 Å². The summed E-state index contributed by atoms with van der Waals surface area (Å²) in [6, 6.07) is 15.5. The van der Waals surface area contributed by atoms with E-state index < -0.39 is 0 Å². The molecule has 2 heterocycles. The molecule has 4 rings (SSSR count). The number of hydrogen-bond acceptors (Lipinski definition) is 5. The van der Waals surface area contributed by atoms with E-state index in [0.717, 1.165) is 11.3 Å². The van der Waals surface area contributed by atoms with Crippen LogP contribution in [0.4, 0.5) is 4.39 Å². The maximum absolute atomic E-state index is 13.1. The lowest BCUT2D eigenvalue weighted by Gasteiger charge is -2.02. The van der Waals surface area contributed by atoms with E-state index in [1.165, 1.54) is 12.1 Å². The zero-order valence-corrected chi connectivity index (χ0v) is 12.7. The van der Waals surface area contributed by atoms with Crippen molar-refractivity contribution < 1.29 is 8.91 Å². The van der Waals surface area contributed by atoms with Crippen LogP contribution in [0.3, 0.4) is 0 Å². The summed E-state index contributed by atoms with van der Waals surface area (Å²) in [6.07, 6.45) is 0. The highest BCUT2D eigenvalue weighted by Crippen LogP contribution is 2.24. The predicted molar refractivity (Wildman–Crippen MR) is 84.8 cm³/mol. The minimum absolute atomic E-state index is 0.291. The number of rotatable bonds is 3. The highest BCUT2D eigenvalue weighted by atomic mass is 19.1. The van der Waals surface area contributed by atoms with E-state index >= 15 is 0 Å². The van der Waals surface area contributed by atoms with Crippen LogP contribution in [0.25, 0.3) is 28.7 Å². The molecule has 0 aliphatic carbocycles. The van der Waals surface area contributed by atoms with Crippen LogP contribution in [0.1, 0.15) is 5.69 Å². The summed E-state index contributed by atoms with van der Waals surface area (Å²) < 4.78 is 20.0. The van der Waals surface area contributed by atoms with Crippen LogP contribution < -0.4 is 0 Å². The van der Waals surface area contributed by atoms with E-state index in [1.807, 2.05) is 37.3 Å². The lowest BCUT2D eigenvalue weighted by molar-refractivity contribution is 0.430. The second-order valence-electron chi connectivity index (χ2n) is 5.20. The Hall–Kier alpha value is -3.35. The SMILES string of the molecule is Cc1c(-c2nc(-c3ccccc3)no2)nnn1-c1ccc(F)cc1. The third-order valence-electron chi connectivity index (χ3n) is 3.63. The van der Waals surface area contributed by atoms with E-state index in [-0.39, 0.29) is 5.82 Å². The van der Waals surface area contributed by atoms with Gasteiger partial charge in [0, 0.05) is 5.56 Å². The van der Waals surface area contributed by atoms with E-state index in [0.29, 0.717) is 23.1 Å². The van der Waals surface area contributed by atoms with E-state index in [2.05, 4.69) is 20.5 Å². The smallest absolute Gasteiger partial charge is 0.280 e. The quantitative estimate of drug-likeness (QED) is 0.578. The van der Waals surface area contributed by atoms with Crippen LogP contribution in [0.15, 0.2) is 59.1 Å². The Morgan fingerprint density at radius 3 is 2.50 bits per heavy atom. The predicted octanol–water partition coefficient (Wildman–Crippen LogP) is 3.43. The van der Waals surface area contributed by atoms with Gasteiger partial charge in [0.1, 0.15) is 5.82 Å². The van der Waals surface area contributed by atoms with Crippen LogP contribution in [-0.4, -0.2) is 25.1 Å². The first kappa shape index (κ1) is 14.3. The van der Waals surface area contributed by atoms with E-state index in [4.69, 9.17) is 4.52 Å². The standard InChI is InChI=1S/C17H12FN5O/c1-11-15(20-22-23(11)14-9-7-13(18)8-10-14)17-19-16(21-24-17)12-5-3-2-4-6-12/h2-10H,1H3. The fraction of sp³-hybridized carbons (Fsp3) is 0.0588. The number of halogens is 1. The molecule has 2 aromatic heterocycles. The second kappa shape index (κ2) is 5.69. The molecule has 0 amide bonds. The van der Waals surface area contributed by atoms with Crippen LogP contribution >= 0.6 is 0 Å². The average molecular weight is 321 g/mol. The van der Waals surface area contributed by atoms with Gasteiger partial charge < -0.3 is 4.52 Å². The van der Waals surface area contributed by atoms with Crippen molar-refractivity contribution >= 4 is 0 Å². The van der Waals surface area contributed by atoms with Crippen LogP contribution in [-0.2, 0) is 0 Å². The van der Waals surface area contributed by atoms with Crippen molar-refractivity contribution in [2.24, 2.45) is 0 Å². The minimum Gasteiger partial charge on any atom is -0.332 e. The van der Waals surface area contributed by atoms with Gasteiger partial charge in [0.25, 0.3) is 5.89 Å². The molecule has 0 fully saturated rings. The van der Waals surface area contributed by atoms with Crippen molar-refractivity contribution in [3.05, 3.63) is 66.1 Å². The largest absolute Gasteiger partial charge is 0.332 e. The van der Waals surface area contributed by atoms with Crippen molar-refractivity contribution in [3.63, 3.8) is 0 Å². The molecule has 6 nitrogen and oxygen atoms in total. The molecular formula is C17H12FN5O. The summed E-state index contributed by atoms with van der Waals surface area (Å²) in [5, 5.41) is 12.2. The fourth-order valence-electron chi connectivity index (χ4n) is 2.38. The van der Waals surface area contributed by atoms with Gasteiger partial charge in [-0.1, -0.05) is 40.7 Å². The van der Waals surface area contributed by atoms with Crippen molar-refractivity contribution in [1.82, 2.24) is 25.1 Å². The fourth-order valence-corrected chi connectivity index (χ4v) is 2.38. The van der Waals surface area contributed by atoms with Crippen molar-refractivity contribution in [2.45, 2.75) is 6.92 Å². The van der Waals surface area contributed by atoms with Gasteiger partial charge in [-0.2, -0.15) is 4.98 Å². The van der Waals surface area contributed by atoms with Crippen molar-refractivity contribution in [3.8, 4) is 28.7 Å². The van der Waals surface area contributed by atoms with Gasteiger partial charge in [-0.25, -0.2) is 9.07 Å². The molecule has 0 bridgehead atoms. The van der Waals surface area contributed by atoms with E-state index in [1.54, 1.807) is 16.8 Å². The molecule has 7 heteroatoms. The van der Waals surface area contributed by atoms with Crippen LogP contribution in [0, 0.1) is 12.7 Å². The molecule has 118 valence electrons. The summed E-state index contributed by atoms with van der Waals surface area (Å²) >= 11 is 0. The Balaban J connectivity index is 1.71. The van der Waals surface area contributed by atoms with Gasteiger partial charge in [0.2, 0.25) is 5.82 Å². The van der Waals surface area contributed by atoms with Gasteiger partial charge in [0.05, 0.1) is 11.4 Å². The summed E-state index contributed by atoms with van der Waals surface area (Å²) in [7, 11) is 0. The molecule has 0 radical (unpaired) electrons. The first-order chi connectivity index (χ1) is 11.7. The summed E-state index contributed by atoms with van der Waals surface area (Å²) in [6.45, 7) is 1.84. The number of aromatic nitrogens is 5. The lowest BCUT2D eigenvalue weighted by atomic mass is 10.2. The Morgan fingerprint density at radius 2 is 1.75 bits per heavy atom. The van der Waals surface area contributed by atoms with Crippen molar-refractivity contribution in [2.75, 3.05) is 0 Å². The molecule has 4 aromatic rings. The molecular weight excluding hydrogens is 309 g/mol. The van der Waals surface area contributed by atoms with Crippen LogP contribution in [0.5, 0.6) is 0 Å². The molecule has 0 saturated heterocycles. The third kappa shape index (κ3) is 2.45. The number of nitrogens with zero attached hydrogens (tertiary/aromatic N) is 5. The Morgan fingerprint density at radius 1 is 1.00 bits per heavy atom. The zero-order valence-electron chi connectivity index (χ0n) is 12.7. The third-order valence-corrected chi connectivity index (χ3v) is 3.63. The molecule has 0 N–H and O–H groups in total. The summed E-state index contributed by atoms with van der Waals surface area (Å²) in [5.74, 6) is 0.474. The number of benzene rings is 2. The zero-order chi connectivity index (χ0) is 16.5. The summed E-state index contributed by atoms with van der Waals surface area (Å²) in [4.78, 5) is 4.38.